The number of urea groups is 1. The summed E-state index contributed by atoms with van der Waals surface area (Å²) in [5, 5.41) is 3.21. The first kappa shape index (κ1) is 31.1. The highest BCUT2D eigenvalue weighted by Crippen LogP contribution is 2.27. The molecule has 3 aromatic carbocycles. The standard InChI is InChI=1S/C36H44N4O4/c1-4-6-17-33-38-31-24-29(39(3)36(42)37-28-15-11-8-12-16-28)20-23-32(31)40(33)25-26-18-21-30(22-19-26)44-34(35(41)43-5-2)27-13-9-7-10-14-27/h7,9-10,13-14,18-24,28,34H,4-6,8,11-12,15-17,25H2,1-3H3,(H,37,42). The predicted molar refractivity (Wildman–Crippen MR) is 174 cm³/mol. The van der Waals surface area contributed by atoms with Crippen molar-refractivity contribution in [3.63, 3.8) is 0 Å². The second kappa shape index (κ2) is 14.9. The number of nitrogens with zero attached hydrogens (tertiary/aromatic N) is 3. The summed E-state index contributed by atoms with van der Waals surface area (Å²) >= 11 is 0. The van der Waals surface area contributed by atoms with Crippen molar-refractivity contribution in [3.05, 3.63) is 89.7 Å². The molecule has 232 valence electrons. The van der Waals surface area contributed by atoms with Gasteiger partial charge in [-0.25, -0.2) is 14.6 Å². The van der Waals surface area contributed by atoms with E-state index in [0.29, 0.717) is 12.3 Å². The van der Waals surface area contributed by atoms with E-state index in [1.54, 1.807) is 11.8 Å². The maximum atomic E-state index is 13.0. The van der Waals surface area contributed by atoms with Gasteiger partial charge in [0.05, 0.1) is 17.6 Å². The Balaban J connectivity index is 1.34. The lowest BCUT2D eigenvalue weighted by Gasteiger charge is -2.26. The number of benzene rings is 3. The Morgan fingerprint density at radius 2 is 1.75 bits per heavy atom. The van der Waals surface area contributed by atoms with Crippen LogP contribution >= 0.6 is 0 Å². The molecular formula is C36H44N4O4. The number of hydrogen-bond acceptors (Lipinski definition) is 5. The molecule has 1 saturated carbocycles. The first-order valence-electron chi connectivity index (χ1n) is 16.0. The average molecular weight is 597 g/mol. The maximum Gasteiger partial charge on any atom is 0.352 e. The quantitative estimate of drug-likeness (QED) is 0.170. The van der Waals surface area contributed by atoms with Gasteiger partial charge in [0, 0.05) is 37.3 Å². The lowest BCUT2D eigenvalue weighted by molar-refractivity contribution is -0.151. The molecule has 4 aromatic rings. The van der Waals surface area contributed by atoms with E-state index < -0.39 is 12.1 Å². The van der Waals surface area contributed by atoms with Crippen LogP contribution in [0.4, 0.5) is 10.5 Å². The normalized spacial score (nSPS) is 14.2. The summed E-state index contributed by atoms with van der Waals surface area (Å²) in [5.41, 5.74) is 4.58. The monoisotopic (exact) mass is 596 g/mol. The van der Waals surface area contributed by atoms with Crippen LogP contribution in [0.2, 0.25) is 0 Å². The molecule has 1 aliphatic rings. The predicted octanol–water partition coefficient (Wildman–Crippen LogP) is 7.59. The molecule has 0 saturated heterocycles. The van der Waals surface area contributed by atoms with Crippen LogP contribution in [0.25, 0.3) is 11.0 Å². The van der Waals surface area contributed by atoms with E-state index in [4.69, 9.17) is 14.5 Å². The van der Waals surface area contributed by atoms with Gasteiger partial charge in [0.25, 0.3) is 0 Å². The van der Waals surface area contributed by atoms with E-state index in [2.05, 4.69) is 22.9 Å². The minimum absolute atomic E-state index is 0.0679. The zero-order valence-electron chi connectivity index (χ0n) is 26.1. The number of fused-ring (bicyclic) bond motifs is 1. The number of ether oxygens (including phenoxy) is 2. The van der Waals surface area contributed by atoms with Crippen LogP contribution in [0.3, 0.4) is 0 Å². The third-order valence-electron chi connectivity index (χ3n) is 8.31. The summed E-state index contributed by atoms with van der Waals surface area (Å²) in [4.78, 5) is 32.4. The third-order valence-corrected chi connectivity index (χ3v) is 8.31. The number of aryl methyl sites for hydroxylation is 1. The van der Waals surface area contributed by atoms with Crippen LogP contribution in [-0.2, 0) is 22.5 Å². The van der Waals surface area contributed by atoms with E-state index >= 15 is 0 Å². The highest BCUT2D eigenvalue weighted by Gasteiger charge is 2.24. The summed E-state index contributed by atoms with van der Waals surface area (Å²) < 4.78 is 13.7. The molecule has 1 heterocycles. The molecule has 8 heteroatoms. The van der Waals surface area contributed by atoms with Gasteiger partial charge in [-0.3, -0.25) is 4.90 Å². The van der Waals surface area contributed by atoms with Gasteiger partial charge < -0.3 is 19.4 Å². The molecule has 1 N–H and O–H groups in total. The van der Waals surface area contributed by atoms with Crippen LogP contribution in [0.5, 0.6) is 5.75 Å². The Bertz CT molecular complexity index is 1530. The number of esters is 1. The summed E-state index contributed by atoms with van der Waals surface area (Å²) in [6.07, 6.45) is 7.87. The summed E-state index contributed by atoms with van der Waals surface area (Å²) in [5.74, 6) is 1.21. The first-order valence-corrected chi connectivity index (χ1v) is 16.0. The molecular weight excluding hydrogens is 552 g/mol. The number of amides is 2. The molecule has 0 aliphatic heterocycles. The van der Waals surface area contributed by atoms with Crippen molar-refractivity contribution in [3.8, 4) is 5.75 Å². The van der Waals surface area contributed by atoms with Gasteiger partial charge in [-0.05, 0) is 62.1 Å². The Morgan fingerprint density at radius 3 is 2.45 bits per heavy atom. The van der Waals surface area contributed by atoms with Gasteiger partial charge in [0.2, 0.25) is 6.10 Å². The van der Waals surface area contributed by atoms with Crippen LogP contribution in [0.15, 0.2) is 72.8 Å². The zero-order chi connectivity index (χ0) is 30.9. The Kier molecular flexibility index (Phi) is 10.5. The third kappa shape index (κ3) is 7.59. The van der Waals surface area contributed by atoms with Gasteiger partial charge in [0.15, 0.2) is 0 Å². The van der Waals surface area contributed by atoms with Gasteiger partial charge in [-0.2, -0.15) is 0 Å². The number of aromatic nitrogens is 2. The van der Waals surface area contributed by atoms with Crippen LogP contribution < -0.4 is 15.0 Å². The molecule has 44 heavy (non-hydrogen) atoms. The molecule has 0 spiro atoms. The number of carbonyl (C=O) groups is 2. The zero-order valence-corrected chi connectivity index (χ0v) is 26.1. The fourth-order valence-corrected chi connectivity index (χ4v) is 5.80. The van der Waals surface area contributed by atoms with Crippen molar-refractivity contribution < 1.29 is 19.1 Å². The van der Waals surface area contributed by atoms with Crippen LogP contribution in [0.1, 0.15) is 81.8 Å². The summed E-state index contributed by atoms with van der Waals surface area (Å²) in [6, 6.07) is 23.5. The Labute approximate surface area is 260 Å². The largest absolute Gasteiger partial charge is 0.474 e. The smallest absolute Gasteiger partial charge is 0.352 e. The second-order valence-electron chi connectivity index (χ2n) is 11.5. The average Bonchev–Trinajstić information content (AvgIpc) is 3.39. The van der Waals surface area contributed by atoms with Crippen molar-refractivity contribution in [2.45, 2.75) is 83.9 Å². The van der Waals surface area contributed by atoms with Crippen LogP contribution in [-0.4, -0.2) is 41.2 Å². The maximum absolute atomic E-state index is 13.0. The van der Waals surface area contributed by atoms with E-state index in [1.807, 2.05) is 73.8 Å². The van der Waals surface area contributed by atoms with E-state index in [9.17, 15) is 9.59 Å². The topological polar surface area (TPSA) is 85.7 Å². The lowest BCUT2D eigenvalue weighted by Crippen LogP contribution is -2.43. The summed E-state index contributed by atoms with van der Waals surface area (Å²) in [6.45, 7) is 4.91. The fraction of sp³-hybridized carbons (Fsp3) is 0.417. The number of hydrogen-bond donors (Lipinski definition) is 1. The van der Waals surface area contributed by atoms with E-state index in [1.165, 1.54) is 19.3 Å². The molecule has 1 unspecified atom stereocenters. The second-order valence-corrected chi connectivity index (χ2v) is 11.5. The molecule has 5 rings (SSSR count). The van der Waals surface area contributed by atoms with Crippen molar-refractivity contribution in [1.29, 1.82) is 0 Å². The van der Waals surface area contributed by atoms with Crippen molar-refractivity contribution >= 4 is 28.7 Å². The number of rotatable bonds is 12. The van der Waals surface area contributed by atoms with Gasteiger partial charge in [-0.1, -0.05) is 75.1 Å². The molecule has 0 radical (unpaired) electrons. The SMILES string of the molecule is CCCCc1nc2cc(N(C)C(=O)NC3CCCCC3)ccc2n1Cc1ccc(OC(C(=O)OCC)c2ccccc2)cc1. The van der Waals surface area contributed by atoms with E-state index in [-0.39, 0.29) is 18.7 Å². The van der Waals surface area contributed by atoms with Gasteiger partial charge >= 0.3 is 12.0 Å². The van der Waals surface area contributed by atoms with Crippen molar-refractivity contribution in [1.82, 2.24) is 14.9 Å². The number of nitrogens with one attached hydrogen (secondary N) is 1. The van der Waals surface area contributed by atoms with Crippen LogP contribution in [0, 0.1) is 0 Å². The molecule has 1 fully saturated rings. The molecule has 0 bridgehead atoms. The molecule has 2 amide bonds. The summed E-state index contributed by atoms with van der Waals surface area (Å²) in [7, 11) is 1.82. The minimum Gasteiger partial charge on any atom is -0.474 e. The van der Waals surface area contributed by atoms with E-state index in [0.717, 1.165) is 65.8 Å². The molecule has 1 aliphatic carbocycles. The van der Waals surface area contributed by atoms with Gasteiger partial charge in [0.1, 0.15) is 11.6 Å². The molecule has 8 nitrogen and oxygen atoms in total. The number of anilines is 1. The van der Waals surface area contributed by atoms with Gasteiger partial charge in [-0.15, -0.1) is 0 Å². The number of unbranched alkanes of at least 4 members (excludes halogenated alkanes) is 1. The number of carbonyl (C=O) groups excluding carboxylic acids is 2. The first-order chi connectivity index (χ1) is 21.5. The van der Waals surface area contributed by atoms with Crippen molar-refractivity contribution in [2.24, 2.45) is 0 Å². The Morgan fingerprint density at radius 1 is 1.00 bits per heavy atom. The fourth-order valence-electron chi connectivity index (χ4n) is 5.80. The molecule has 1 aromatic heterocycles. The Hall–Kier alpha value is -4.33. The molecule has 1 atom stereocenters. The number of imidazole rings is 1. The highest BCUT2D eigenvalue weighted by atomic mass is 16.6. The van der Waals surface area contributed by atoms with Crippen molar-refractivity contribution in [2.75, 3.05) is 18.6 Å². The lowest BCUT2D eigenvalue weighted by atomic mass is 9.96. The highest BCUT2D eigenvalue weighted by molar-refractivity contribution is 5.94. The minimum atomic E-state index is -0.836.